The number of hydrogen-bond acceptors (Lipinski definition) is 3. The Hall–Kier alpha value is -1.06. The number of aliphatic hydroxyl groups is 1. The number of benzene rings is 1. The van der Waals surface area contributed by atoms with Gasteiger partial charge in [-0.05, 0) is 24.6 Å². The first-order chi connectivity index (χ1) is 6.95. The van der Waals surface area contributed by atoms with Crippen molar-refractivity contribution in [3.63, 3.8) is 0 Å². The van der Waals surface area contributed by atoms with Gasteiger partial charge in [-0.2, -0.15) is 0 Å². The molecule has 0 aliphatic rings. The first kappa shape index (κ1) is 12.0. The molecule has 1 aromatic rings. The van der Waals surface area contributed by atoms with Crippen LogP contribution >= 0.6 is 11.6 Å². The van der Waals surface area contributed by atoms with Crippen LogP contribution in [0.1, 0.15) is 18.9 Å². The summed E-state index contributed by atoms with van der Waals surface area (Å²) in [5, 5.41) is 10.6. The normalized spacial score (nSPS) is 14.4. The molecule has 0 aromatic heterocycles. The van der Waals surface area contributed by atoms with Crippen LogP contribution in [0.2, 0.25) is 5.02 Å². The quantitative estimate of drug-likeness (QED) is 0.806. The molecule has 1 atom stereocenters. The predicted octanol–water partition coefficient (Wildman–Crippen LogP) is 2.11. The van der Waals surface area contributed by atoms with Crippen LogP contribution in [0.3, 0.4) is 0 Å². The van der Waals surface area contributed by atoms with Gasteiger partial charge in [0.25, 0.3) is 0 Å². The van der Waals surface area contributed by atoms with Crippen molar-refractivity contribution in [2.75, 3.05) is 7.11 Å². The zero-order chi connectivity index (χ0) is 11.5. The molecule has 0 spiro atoms. The summed E-state index contributed by atoms with van der Waals surface area (Å²) in [5.74, 6) is -0.449. The van der Waals surface area contributed by atoms with Gasteiger partial charge < -0.3 is 9.84 Å². The summed E-state index contributed by atoms with van der Waals surface area (Å²) < 4.78 is 4.51. The number of hydrogen-bond donors (Lipinski definition) is 1. The van der Waals surface area contributed by atoms with Gasteiger partial charge in [0.1, 0.15) is 0 Å². The molecular weight excluding hydrogens is 216 g/mol. The van der Waals surface area contributed by atoms with Crippen LogP contribution in [-0.4, -0.2) is 18.2 Å². The Kier molecular flexibility index (Phi) is 3.72. The van der Waals surface area contributed by atoms with E-state index in [1.807, 2.05) is 0 Å². The standard InChI is InChI=1S/C11H13ClO3/c1-11(14,7-10(13)15-2)8-3-5-9(12)6-4-8/h3-6,14H,7H2,1-2H3. The number of ether oxygens (including phenoxy) is 1. The van der Waals surface area contributed by atoms with Crippen LogP contribution in [0.25, 0.3) is 0 Å². The Morgan fingerprint density at radius 3 is 2.47 bits per heavy atom. The average molecular weight is 229 g/mol. The van der Waals surface area contributed by atoms with E-state index in [1.54, 1.807) is 31.2 Å². The highest BCUT2D eigenvalue weighted by Gasteiger charge is 2.26. The number of carbonyl (C=O) groups excluding carboxylic acids is 1. The summed E-state index contributed by atoms with van der Waals surface area (Å²) in [6.45, 7) is 1.56. The van der Waals surface area contributed by atoms with E-state index < -0.39 is 11.6 Å². The van der Waals surface area contributed by atoms with Crippen molar-refractivity contribution in [1.82, 2.24) is 0 Å². The second-order valence-electron chi connectivity index (χ2n) is 3.53. The molecule has 1 aromatic carbocycles. The molecule has 15 heavy (non-hydrogen) atoms. The molecule has 0 saturated heterocycles. The van der Waals surface area contributed by atoms with Crippen LogP contribution in [0.5, 0.6) is 0 Å². The van der Waals surface area contributed by atoms with Crippen molar-refractivity contribution in [3.8, 4) is 0 Å². The van der Waals surface area contributed by atoms with Gasteiger partial charge in [0.15, 0.2) is 0 Å². The van der Waals surface area contributed by atoms with Crippen molar-refractivity contribution in [2.45, 2.75) is 18.9 Å². The minimum Gasteiger partial charge on any atom is -0.469 e. The molecule has 1 rings (SSSR count). The van der Waals surface area contributed by atoms with E-state index in [1.165, 1.54) is 7.11 Å². The Bertz CT molecular complexity index is 343. The minimum absolute atomic E-state index is 0.0782. The van der Waals surface area contributed by atoms with Gasteiger partial charge in [0, 0.05) is 5.02 Å². The predicted molar refractivity (Wildman–Crippen MR) is 57.7 cm³/mol. The summed E-state index contributed by atoms with van der Waals surface area (Å²) in [5.41, 5.74) is -0.588. The summed E-state index contributed by atoms with van der Waals surface area (Å²) in [6.07, 6.45) is -0.0782. The highest BCUT2D eigenvalue weighted by molar-refractivity contribution is 6.30. The van der Waals surface area contributed by atoms with Crippen LogP contribution in [0.4, 0.5) is 0 Å². The first-order valence-electron chi connectivity index (χ1n) is 4.51. The Morgan fingerprint density at radius 2 is 2.00 bits per heavy atom. The minimum atomic E-state index is -1.22. The van der Waals surface area contributed by atoms with Gasteiger partial charge >= 0.3 is 5.97 Å². The number of esters is 1. The van der Waals surface area contributed by atoms with Gasteiger partial charge in [0.05, 0.1) is 19.1 Å². The Balaban J connectivity index is 2.85. The van der Waals surface area contributed by atoms with E-state index in [-0.39, 0.29) is 6.42 Å². The van der Waals surface area contributed by atoms with E-state index in [9.17, 15) is 9.90 Å². The third-order valence-electron chi connectivity index (χ3n) is 2.18. The van der Waals surface area contributed by atoms with E-state index in [0.29, 0.717) is 10.6 Å². The number of carbonyl (C=O) groups is 1. The monoisotopic (exact) mass is 228 g/mol. The molecule has 82 valence electrons. The third-order valence-corrected chi connectivity index (χ3v) is 2.43. The van der Waals surface area contributed by atoms with Crippen molar-refractivity contribution in [3.05, 3.63) is 34.9 Å². The van der Waals surface area contributed by atoms with Crippen molar-refractivity contribution >= 4 is 17.6 Å². The fourth-order valence-electron chi connectivity index (χ4n) is 1.26. The van der Waals surface area contributed by atoms with Crippen LogP contribution in [-0.2, 0) is 15.1 Å². The topological polar surface area (TPSA) is 46.5 Å². The first-order valence-corrected chi connectivity index (χ1v) is 4.89. The Labute approximate surface area is 93.6 Å². The second-order valence-corrected chi connectivity index (χ2v) is 3.97. The van der Waals surface area contributed by atoms with Gasteiger partial charge in [-0.1, -0.05) is 23.7 Å². The molecule has 0 radical (unpaired) electrons. The molecule has 0 fully saturated rings. The largest absolute Gasteiger partial charge is 0.469 e. The lowest BCUT2D eigenvalue weighted by Gasteiger charge is -2.22. The van der Waals surface area contributed by atoms with Crippen LogP contribution in [0.15, 0.2) is 24.3 Å². The summed E-state index contributed by atoms with van der Waals surface area (Å²) in [6, 6.07) is 6.71. The van der Waals surface area contributed by atoms with E-state index in [0.717, 1.165) is 0 Å². The van der Waals surface area contributed by atoms with Gasteiger partial charge in [-0.15, -0.1) is 0 Å². The fourth-order valence-corrected chi connectivity index (χ4v) is 1.39. The lowest BCUT2D eigenvalue weighted by molar-refractivity contribution is -0.145. The van der Waals surface area contributed by atoms with E-state index in [2.05, 4.69) is 4.74 Å². The zero-order valence-electron chi connectivity index (χ0n) is 8.66. The maximum atomic E-state index is 11.1. The van der Waals surface area contributed by atoms with Gasteiger partial charge in [-0.3, -0.25) is 4.79 Å². The smallest absolute Gasteiger partial charge is 0.308 e. The number of halogens is 1. The summed E-state index contributed by atoms with van der Waals surface area (Å²) in [7, 11) is 1.29. The molecule has 3 nitrogen and oxygen atoms in total. The Morgan fingerprint density at radius 1 is 1.47 bits per heavy atom. The van der Waals surface area contributed by atoms with Crippen LogP contribution in [0, 0.1) is 0 Å². The maximum absolute atomic E-state index is 11.1. The molecule has 0 aliphatic carbocycles. The van der Waals surface area contributed by atoms with Crippen LogP contribution < -0.4 is 0 Å². The number of rotatable bonds is 3. The molecule has 0 bridgehead atoms. The summed E-state index contributed by atoms with van der Waals surface area (Å²) >= 11 is 5.72. The highest BCUT2D eigenvalue weighted by atomic mass is 35.5. The average Bonchev–Trinajstić information content (AvgIpc) is 2.17. The van der Waals surface area contributed by atoms with Gasteiger partial charge in [-0.25, -0.2) is 0 Å². The van der Waals surface area contributed by atoms with Crippen molar-refractivity contribution in [2.24, 2.45) is 0 Å². The molecular formula is C11H13ClO3. The van der Waals surface area contributed by atoms with E-state index in [4.69, 9.17) is 11.6 Å². The maximum Gasteiger partial charge on any atom is 0.308 e. The number of methoxy groups -OCH3 is 1. The second kappa shape index (κ2) is 4.64. The molecule has 1 N–H and O–H groups in total. The van der Waals surface area contributed by atoms with Crippen molar-refractivity contribution in [1.29, 1.82) is 0 Å². The SMILES string of the molecule is COC(=O)CC(C)(O)c1ccc(Cl)cc1. The highest BCUT2D eigenvalue weighted by Crippen LogP contribution is 2.25. The molecule has 4 heteroatoms. The molecule has 0 heterocycles. The lowest BCUT2D eigenvalue weighted by atomic mass is 9.93. The molecule has 1 unspecified atom stereocenters. The fraction of sp³-hybridized carbons (Fsp3) is 0.364. The van der Waals surface area contributed by atoms with E-state index >= 15 is 0 Å². The molecule has 0 saturated carbocycles. The lowest BCUT2D eigenvalue weighted by Crippen LogP contribution is -2.25. The third kappa shape index (κ3) is 3.22. The zero-order valence-corrected chi connectivity index (χ0v) is 9.41. The summed E-state index contributed by atoms with van der Waals surface area (Å²) in [4.78, 5) is 11.1. The molecule has 0 aliphatic heterocycles. The van der Waals surface area contributed by atoms with Crippen molar-refractivity contribution < 1.29 is 14.6 Å². The molecule has 0 amide bonds. The van der Waals surface area contributed by atoms with Gasteiger partial charge in [0.2, 0.25) is 0 Å².